The highest BCUT2D eigenvalue weighted by molar-refractivity contribution is 6.30. The van der Waals surface area contributed by atoms with Gasteiger partial charge in [0.2, 0.25) is 0 Å². The quantitative estimate of drug-likeness (QED) is 0.317. The van der Waals surface area contributed by atoms with Crippen molar-refractivity contribution in [3.8, 4) is 11.5 Å². The molecule has 0 radical (unpaired) electrons. The Labute approximate surface area is 233 Å². The van der Waals surface area contributed by atoms with Gasteiger partial charge in [0, 0.05) is 41.5 Å². The molecule has 1 aliphatic heterocycles. The number of ether oxygens (including phenoxy) is 2. The molecule has 0 aliphatic carbocycles. The van der Waals surface area contributed by atoms with Gasteiger partial charge in [-0.3, -0.25) is 4.79 Å². The molecule has 3 aromatic carbocycles. The van der Waals surface area contributed by atoms with Gasteiger partial charge < -0.3 is 19.5 Å². The Hall–Kier alpha value is -3.39. The summed E-state index contributed by atoms with van der Waals surface area (Å²) in [6, 6.07) is 20.9. The van der Waals surface area contributed by atoms with Crippen LogP contribution in [0.5, 0.6) is 11.5 Å². The van der Waals surface area contributed by atoms with Crippen LogP contribution < -0.4 is 15.0 Å². The SMILES string of the molecule is COc1ccc(C(O)CN2CCCC(n3nc(Cc4ccc(Cl)cc4)c4ccccc4c3=O)CC2)c(OC)c1. The molecule has 8 heteroatoms. The number of nitrogens with zero attached hydrogens (tertiary/aromatic N) is 3. The molecule has 1 N–H and O–H groups in total. The lowest BCUT2D eigenvalue weighted by molar-refractivity contribution is 0.112. The molecular formula is C31H34ClN3O4. The molecule has 2 unspecified atom stereocenters. The average Bonchev–Trinajstić information content (AvgIpc) is 3.20. The third-order valence-corrected chi connectivity index (χ3v) is 7.81. The van der Waals surface area contributed by atoms with Crippen molar-refractivity contribution in [2.75, 3.05) is 33.9 Å². The van der Waals surface area contributed by atoms with E-state index in [1.807, 2.05) is 60.7 Å². The van der Waals surface area contributed by atoms with Crippen molar-refractivity contribution in [2.24, 2.45) is 0 Å². The Balaban J connectivity index is 1.35. The summed E-state index contributed by atoms with van der Waals surface area (Å²) >= 11 is 6.09. The highest BCUT2D eigenvalue weighted by Gasteiger charge is 2.24. The highest BCUT2D eigenvalue weighted by atomic mass is 35.5. The lowest BCUT2D eigenvalue weighted by Gasteiger charge is -2.25. The molecule has 39 heavy (non-hydrogen) atoms. The topological polar surface area (TPSA) is 76.8 Å². The third-order valence-electron chi connectivity index (χ3n) is 7.56. The predicted octanol–water partition coefficient (Wildman–Crippen LogP) is 5.42. The van der Waals surface area contributed by atoms with Crippen LogP contribution in [0, 0.1) is 0 Å². The molecule has 1 aliphatic rings. The molecule has 0 saturated carbocycles. The number of β-amino-alcohol motifs (C(OH)–C–C–N with tert-alkyl or cyclic N) is 1. The number of likely N-dealkylation sites (tertiary alicyclic amines) is 1. The van der Waals surface area contributed by atoms with Crippen LogP contribution in [-0.4, -0.2) is 53.6 Å². The zero-order chi connectivity index (χ0) is 27.4. The number of aliphatic hydroxyl groups excluding tert-OH is 1. The van der Waals surface area contributed by atoms with E-state index in [0.29, 0.717) is 34.9 Å². The van der Waals surface area contributed by atoms with Crippen LogP contribution in [0.3, 0.4) is 0 Å². The normalized spacial score (nSPS) is 17.1. The Kier molecular flexibility index (Phi) is 8.50. The number of hydrogen-bond acceptors (Lipinski definition) is 6. The number of benzene rings is 3. The maximum Gasteiger partial charge on any atom is 0.274 e. The Morgan fingerprint density at radius 3 is 2.51 bits per heavy atom. The van der Waals surface area contributed by atoms with Crippen molar-refractivity contribution in [1.82, 2.24) is 14.7 Å². The molecule has 2 atom stereocenters. The number of halogens is 1. The standard InChI is InChI=1S/C31H34ClN3O4/c1-38-24-13-14-27(30(19-24)39-2)29(36)20-34-16-5-6-23(15-17-34)35-31(37)26-8-4-3-7-25(26)28(33-35)18-21-9-11-22(32)12-10-21/h3-4,7-14,19,23,29,36H,5-6,15-18,20H2,1-2H3. The number of rotatable bonds is 8. The van der Waals surface area contributed by atoms with E-state index in [0.717, 1.165) is 54.6 Å². The molecule has 1 aromatic heterocycles. The first-order valence-electron chi connectivity index (χ1n) is 13.3. The van der Waals surface area contributed by atoms with Crippen LogP contribution >= 0.6 is 11.6 Å². The van der Waals surface area contributed by atoms with Gasteiger partial charge >= 0.3 is 0 Å². The monoisotopic (exact) mass is 547 g/mol. The van der Waals surface area contributed by atoms with Crippen molar-refractivity contribution in [3.63, 3.8) is 0 Å². The average molecular weight is 548 g/mol. The van der Waals surface area contributed by atoms with Crippen molar-refractivity contribution in [1.29, 1.82) is 0 Å². The van der Waals surface area contributed by atoms with Gasteiger partial charge in [-0.2, -0.15) is 5.10 Å². The van der Waals surface area contributed by atoms with Crippen molar-refractivity contribution in [3.05, 3.63) is 98.9 Å². The van der Waals surface area contributed by atoms with Gasteiger partial charge in [-0.05, 0) is 61.7 Å². The Morgan fingerprint density at radius 1 is 1.00 bits per heavy atom. The summed E-state index contributed by atoms with van der Waals surface area (Å²) in [5, 5.41) is 18.2. The number of fused-ring (bicyclic) bond motifs is 1. The minimum absolute atomic E-state index is 0.0104. The second-order valence-corrected chi connectivity index (χ2v) is 10.5. The lowest BCUT2D eigenvalue weighted by atomic mass is 10.0. The lowest BCUT2D eigenvalue weighted by Crippen LogP contribution is -2.31. The number of methoxy groups -OCH3 is 2. The molecule has 0 spiro atoms. The molecule has 1 fully saturated rings. The fraction of sp³-hybridized carbons (Fsp3) is 0.355. The van der Waals surface area contributed by atoms with Gasteiger partial charge in [-0.25, -0.2) is 4.68 Å². The first kappa shape index (κ1) is 27.2. The van der Waals surface area contributed by atoms with Gasteiger partial charge in [-0.15, -0.1) is 0 Å². The fourth-order valence-corrected chi connectivity index (χ4v) is 5.58. The van der Waals surface area contributed by atoms with E-state index in [-0.39, 0.29) is 11.6 Å². The molecule has 1 saturated heterocycles. The highest BCUT2D eigenvalue weighted by Crippen LogP contribution is 2.31. The third kappa shape index (κ3) is 6.11. The maximum absolute atomic E-state index is 13.6. The van der Waals surface area contributed by atoms with Crippen LogP contribution in [-0.2, 0) is 6.42 Å². The summed E-state index contributed by atoms with van der Waals surface area (Å²) in [5.74, 6) is 1.29. The smallest absolute Gasteiger partial charge is 0.274 e. The largest absolute Gasteiger partial charge is 0.497 e. The number of hydrogen-bond donors (Lipinski definition) is 1. The molecule has 4 aromatic rings. The number of aromatic nitrogens is 2. The Morgan fingerprint density at radius 2 is 1.77 bits per heavy atom. The van der Waals surface area contributed by atoms with E-state index in [1.54, 1.807) is 25.0 Å². The van der Waals surface area contributed by atoms with E-state index in [9.17, 15) is 9.90 Å². The predicted molar refractivity (Wildman–Crippen MR) is 154 cm³/mol. The van der Waals surface area contributed by atoms with Crippen LogP contribution in [0.25, 0.3) is 10.8 Å². The van der Waals surface area contributed by atoms with Crippen LogP contribution in [0.4, 0.5) is 0 Å². The van der Waals surface area contributed by atoms with E-state index in [2.05, 4.69) is 4.90 Å². The van der Waals surface area contributed by atoms with Crippen LogP contribution in [0.1, 0.15) is 48.2 Å². The van der Waals surface area contributed by atoms with E-state index < -0.39 is 6.10 Å². The summed E-state index contributed by atoms with van der Waals surface area (Å²) < 4.78 is 12.5. The molecule has 2 heterocycles. The molecule has 0 amide bonds. The van der Waals surface area contributed by atoms with Gasteiger partial charge in [0.15, 0.2) is 0 Å². The molecule has 7 nitrogen and oxygen atoms in total. The van der Waals surface area contributed by atoms with E-state index >= 15 is 0 Å². The zero-order valence-corrected chi connectivity index (χ0v) is 23.1. The van der Waals surface area contributed by atoms with Crippen LogP contribution in [0.2, 0.25) is 5.02 Å². The van der Waals surface area contributed by atoms with E-state index in [4.69, 9.17) is 26.2 Å². The minimum Gasteiger partial charge on any atom is -0.497 e. The summed E-state index contributed by atoms with van der Waals surface area (Å²) in [7, 11) is 3.20. The minimum atomic E-state index is -0.699. The van der Waals surface area contributed by atoms with Gasteiger partial charge in [0.1, 0.15) is 11.5 Å². The molecule has 204 valence electrons. The summed E-state index contributed by atoms with van der Waals surface area (Å²) in [6.07, 6.45) is 2.45. The second kappa shape index (κ2) is 12.2. The molecule has 5 rings (SSSR count). The number of aliphatic hydroxyl groups is 1. The summed E-state index contributed by atoms with van der Waals surface area (Å²) in [4.78, 5) is 15.8. The van der Waals surface area contributed by atoms with Crippen molar-refractivity contribution >= 4 is 22.4 Å². The van der Waals surface area contributed by atoms with Gasteiger partial charge in [0.25, 0.3) is 5.56 Å². The maximum atomic E-state index is 13.6. The zero-order valence-electron chi connectivity index (χ0n) is 22.3. The second-order valence-electron chi connectivity index (χ2n) is 10.1. The summed E-state index contributed by atoms with van der Waals surface area (Å²) in [5.41, 5.74) is 2.66. The fourth-order valence-electron chi connectivity index (χ4n) is 5.45. The molecular weight excluding hydrogens is 514 g/mol. The first-order valence-corrected chi connectivity index (χ1v) is 13.7. The van der Waals surface area contributed by atoms with Crippen molar-refractivity contribution in [2.45, 2.75) is 37.8 Å². The Bertz CT molecular complexity index is 1490. The van der Waals surface area contributed by atoms with Gasteiger partial charge in [0.05, 0.1) is 37.4 Å². The van der Waals surface area contributed by atoms with E-state index in [1.165, 1.54) is 0 Å². The first-order chi connectivity index (χ1) is 19.0. The van der Waals surface area contributed by atoms with Crippen molar-refractivity contribution < 1.29 is 14.6 Å². The summed E-state index contributed by atoms with van der Waals surface area (Å²) in [6.45, 7) is 2.08. The molecule has 0 bridgehead atoms. The van der Waals surface area contributed by atoms with Crippen LogP contribution in [0.15, 0.2) is 71.5 Å². The van der Waals surface area contributed by atoms with Gasteiger partial charge in [-0.1, -0.05) is 41.9 Å².